The van der Waals surface area contributed by atoms with Crippen molar-refractivity contribution in [3.63, 3.8) is 0 Å². The van der Waals surface area contributed by atoms with Crippen molar-refractivity contribution >= 4 is 23.4 Å². The number of amides is 1. The fourth-order valence-corrected chi connectivity index (χ4v) is 3.01. The fraction of sp³-hybridized carbons (Fsp3) is 0.167. The number of rotatable bonds is 6. The number of carbonyl (C=O) groups is 1. The normalized spacial score (nSPS) is 12.4. The molecule has 3 N–H and O–H groups in total. The third kappa shape index (κ3) is 5.19. The van der Waals surface area contributed by atoms with E-state index in [-0.39, 0.29) is 5.16 Å². The van der Waals surface area contributed by atoms with E-state index in [2.05, 4.69) is 15.5 Å². The van der Waals surface area contributed by atoms with E-state index in [1.807, 2.05) is 30.3 Å². The average molecular weight is 423 g/mol. The van der Waals surface area contributed by atoms with Gasteiger partial charge in [0.15, 0.2) is 0 Å². The number of thioether (sulfide) groups is 1. The maximum atomic E-state index is 12.7. The van der Waals surface area contributed by atoms with Gasteiger partial charge in [-0.15, -0.1) is 10.2 Å². The summed E-state index contributed by atoms with van der Waals surface area (Å²) in [5.41, 5.74) is 0.507. The summed E-state index contributed by atoms with van der Waals surface area (Å²) in [4.78, 5) is 12.3. The van der Waals surface area contributed by atoms with Gasteiger partial charge in [-0.05, 0) is 43.3 Å². The van der Waals surface area contributed by atoms with Gasteiger partial charge in [0.2, 0.25) is 11.1 Å². The van der Waals surface area contributed by atoms with Gasteiger partial charge >= 0.3 is 6.18 Å². The van der Waals surface area contributed by atoms with E-state index in [4.69, 9.17) is 10.6 Å². The first-order valence-electron chi connectivity index (χ1n) is 8.32. The average Bonchev–Trinajstić information content (AvgIpc) is 3.05. The molecule has 0 fully saturated rings. The Labute approximate surface area is 168 Å². The predicted molar refractivity (Wildman–Crippen MR) is 102 cm³/mol. The molecule has 1 atom stereocenters. The Kier molecular flexibility index (Phi) is 5.97. The number of alkyl halides is 3. The van der Waals surface area contributed by atoms with E-state index in [1.165, 1.54) is 6.92 Å². The fourth-order valence-electron chi connectivity index (χ4n) is 2.24. The summed E-state index contributed by atoms with van der Waals surface area (Å²) >= 11 is 0.767. The second-order valence-corrected chi connectivity index (χ2v) is 7.17. The molecule has 1 amide bonds. The molecule has 0 aliphatic carbocycles. The number of para-hydroxylation sites is 1. The Morgan fingerprint density at radius 1 is 1.10 bits per heavy atom. The van der Waals surface area contributed by atoms with Crippen LogP contribution in [0.5, 0.6) is 11.5 Å². The number of anilines is 1. The lowest BCUT2D eigenvalue weighted by atomic mass is 10.3. The van der Waals surface area contributed by atoms with Crippen LogP contribution in [0.1, 0.15) is 12.7 Å². The second-order valence-electron chi connectivity index (χ2n) is 5.86. The van der Waals surface area contributed by atoms with E-state index < -0.39 is 23.2 Å². The smallest absolute Gasteiger partial charge is 0.453 e. The van der Waals surface area contributed by atoms with Gasteiger partial charge in [0.05, 0.1) is 5.25 Å². The Morgan fingerprint density at radius 2 is 1.72 bits per heavy atom. The topological polar surface area (TPSA) is 95.1 Å². The Bertz CT molecular complexity index is 977. The van der Waals surface area contributed by atoms with Crippen molar-refractivity contribution in [1.82, 2.24) is 14.9 Å². The number of nitrogens with one attached hydrogen (secondary N) is 1. The van der Waals surface area contributed by atoms with Gasteiger partial charge in [0.1, 0.15) is 11.5 Å². The third-order valence-electron chi connectivity index (χ3n) is 3.67. The summed E-state index contributed by atoms with van der Waals surface area (Å²) in [5, 5.41) is 8.12. The summed E-state index contributed by atoms with van der Waals surface area (Å²) < 4.78 is 44.1. The molecule has 0 aliphatic heterocycles. The van der Waals surface area contributed by atoms with Crippen molar-refractivity contribution in [2.75, 3.05) is 11.2 Å². The molecule has 0 radical (unpaired) electrons. The highest BCUT2D eigenvalue weighted by atomic mass is 32.2. The van der Waals surface area contributed by atoms with Crippen molar-refractivity contribution in [3.8, 4) is 11.5 Å². The zero-order valence-electron chi connectivity index (χ0n) is 15.1. The quantitative estimate of drug-likeness (QED) is 0.461. The first-order chi connectivity index (χ1) is 13.7. The molecule has 29 heavy (non-hydrogen) atoms. The van der Waals surface area contributed by atoms with Gasteiger partial charge in [-0.2, -0.15) is 13.2 Å². The molecule has 152 valence electrons. The minimum Gasteiger partial charge on any atom is -0.457 e. The molecule has 0 aliphatic rings. The molecule has 0 saturated heterocycles. The summed E-state index contributed by atoms with van der Waals surface area (Å²) in [6, 6.07) is 15.9. The molecule has 0 saturated carbocycles. The van der Waals surface area contributed by atoms with Gasteiger partial charge in [0.25, 0.3) is 5.82 Å². The summed E-state index contributed by atoms with van der Waals surface area (Å²) in [6.45, 7) is 1.52. The van der Waals surface area contributed by atoms with Crippen LogP contribution in [0.3, 0.4) is 0 Å². The molecule has 0 bridgehead atoms. The van der Waals surface area contributed by atoms with E-state index in [9.17, 15) is 18.0 Å². The first kappa shape index (κ1) is 20.5. The van der Waals surface area contributed by atoms with Crippen molar-refractivity contribution in [1.29, 1.82) is 0 Å². The lowest BCUT2D eigenvalue weighted by Crippen LogP contribution is -2.25. The number of carbonyl (C=O) groups excluding carboxylic acids is 1. The molecule has 1 aromatic heterocycles. The number of benzene rings is 2. The first-order valence-corrected chi connectivity index (χ1v) is 9.20. The Balaban J connectivity index is 1.59. The van der Waals surface area contributed by atoms with Crippen molar-refractivity contribution in [2.45, 2.75) is 23.5 Å². The maximum absolute atomic E-state index is 12.7. The van der Waals surface area contributed by atoms with Crippen LogP contribution in [0.4, 0.5) is 18.9 Å². The largest absolute Gasteiger partial charge is 0.457 e. The lowest BCUT2D eigenvalue weighted by Gasteiger charge is -2.12. The number of nitrogen functional groups attached to an aromatic ring is 1. The zero-order chi connectivity index (χ0) is 21.0. The minimum atomic E-state index is -4.73. The number of hydrogen-bond acceptors (Lipinski definition) is 6. The molecule has 0 spiro atoms. The second kappa shape index (κ2) is 8.43. The van der Waals surface area contributed by atoms with Crippen LogP contribution >= 0.6 is 11.8 Å². The van der Waals surface area contributed by atoms with E-state index in [0.717, 1.165) is 11.8 Å². The minimum absolute atomic E-state index is 0.216. The lowest BCUT2D eigenvalue weighted by molar-refractivity contribution is -0.146. The molecule has 1 heterocycles. The van der Waals surface area contributed by atoms with Crippen molar-refractivity contribution < 1.29 is 22.7 Å². The molecule has 3 aromatic rings. The van der Waals surface area contributed by atoms with Crippen LogP contribution in [0.2, 0.25) is 0 Å². The number of ether oxygens (including phenoxy) is 1. The van der Waals surface area contributed by atoms with Crippen LogP contribution in [-0.2, 0) is 11.0 Å². The monoisotopic (exact) mass is 423 g/mol. The highest BCUT2D eigenvalue weighted by Crippen LogP contribution is 2.30. The van der Waals surface area contributed by atoms with Gasteiger partial charge in [-0.3, -0.25) is 4.79 Å². The summed E-state index contributed by atoms with van der Waals surface area (Å²) in [6.07, 6.45) is -4.73. The standard InChI is InChI=1S/C18H16F3N5O2S/c1-11(29-17-25-24-16(26(17)22)18(19,20)21)15(27)23-12-7-9-14(10-8-12)28-13-5-3-2-4-6-13/h2-11H,22H2,1H3,(H,23,27)/t11-/m0/s1. The molecule has 11 heteroatoms. The SMILES string of the molecule is C[C@H](Sc1nnc(C(F)(F)F)n1N)C(=O)Nc1ccc(Oc2ccccc2)cc1. The van der Waals surface area contributed by atoms with Crippen LogP contribution < -0.4 is 15.9 Å². The van der Waals surface area contributed by atoms with Crippen LogP contribution in [0.15, 0.2) is 59.8 Å². The van der Waals surface area contributed by atoms with Crippen LogP contribution in [0.25, 0.3) is 0 Å². The summed E-state index contributed by atoms with van der Waals surface area (Å²) in [7, 11) is 0. The molecule has 2 aromatic carbocycles. The highest BCUT2D eigenvalue weighted by molar-refractivity contribution is 8.00. The molecule has 7 nitrogen and oxygen atoms in total. The number of aromatic nitrogens is 3. The van der Waals surface area contributed by atoms with Gasteiger partial charge in [-0.1, -0.05) is 30.0 Å². The zero-order valence-corrected chi connectivity index (χ0v) is 15.9. The van der Waals surface area contributed by atoms with Crippen LogP contribution in [0, 0.1) is 0 Å². The molecular formula is C18H16F3N5O2S. The molecule has 0 unspecified atom stereocenters. The Morgan fingerprint density at radius 3 is 2.31 bits per heavy atom. The number of hydrogen-bond donors (Lipinski definition) is 2. The third-order valence-corrected chi connectivity index (χ3v) is 4.73. The summed E-state index contributed by atoms with van der Waals surface area (Å²) in [5.74, 6) is 4.89. The molecular weight excluding hydrogens is 407 g/mol. The highest BCUT2D eigenvalue weighted by Gasteiger charge is 2.38. The number of halogens is 3. The van der Waals surface area contributed by atoms with Crippen molar-refractivity contribution in [2.24, 2.45) is 0 Å². The van der Waals surface area contributed by atoms with Crippen LogP contribution in [-0.4, -0.2) is 26.0 Å². The Hall–Kier alpha value is -3.21. The van der Waals surface area contributed by atoms with Crippen molar-refractivity contribution in [3.05, 3.63) is 60.4 Å². The van der Waals surface area contributed by atoms with E-state index in [1.54, 1.807) is 24.3 Å². The van der Waals surface area contributed by atoms with Gasteiger partial charge in [0, 0.05) is 5.69 Å². The number of nitrogens with zero attached hydrogens (tertiary/aromatic N) is 3. The van der Waals surface area contributed by atoms with E-state index >= 15 is 0 Å². The van der Waals surface area contributed by atoms with Gasteiger partial charge in [-0.25, -0.2) is 4.68 Å². The van der Waals surface area contributed by atoms with E-state index in [0.29, 0.717) is 21.9 Å². The molecule has 3 rings (SSSR count). The predicted octanol–water partition coefficient (Wildman–Crippen LogP) is 3.92. The maximum Gasteiger partial charge on any atom is 0.453 e. The number of nitrogens with two attached hydrogens (primary N) is 1. The van der Waals surface area contributed by atoms with Gasteiger partial charge < -0.3 is 15.9 Å².